The molecule has 0 amide bonds. The highest BCUT2D eigenvalue weighted by atomic mass is 16.5. The van der Waals surface area contributed by atoms with Gasteiger partial charge in [0.1, 0.15) is 11.4 Å². The van der Waals surface area contributed by atoms with Crippen molar-refractivity contribution in [2.24, 2.45) is 0 Å². The van der Waals surface area contributed by atoms with E-state index >= 15 is 0 Å². The molecule has 2 fully saturated rings. The molecule has 1 aromatic heterocycles. The van der Waals surface area contributed by atoms with Crippen LogP contribution in [0.4, 0.5) is 0 Å². The van der Waals surface area contributed by atoms with Gasteiger partial charge in [0.15, 0.2) is 0 Å². The quantitative estimate of drug-likeness (QED) is 0.904. The molecule has 1 aromatic rings. The number of ether oxygens (including phenoxy) is 1. The van der Waals surface area contributed by atoms with Crippen molar-refractivity contribution in [1.29, 1.82) is 0 Å². The van der Waals surface area contributed by atoms with E-state index in [9.17, 15) is 5.11 Å². The number of nitrogens with zero attached hydrogens (tertiary/aromatic N) is 2. The Morgan fingerprint density at radius 1 is 1.42 bits per heavy atom. The molecule has 0 radical (unpaired) electrons. The van der Waals surface area contributed by atoms with Gasteiger partial charge in [-0.25, -0.2) is 0 Å². The van der Waals surface area contributed by atoms with E-state index in [1.165, 1.54) is 12.8 Å². The van der Waals surface area contributed by atoms with Crippen molar-refractivity contribution >= 4 is 0 Å². The third-order valence-electron chi connectivity index (χ3n) is 4.47. The fraction of sp³-hybridized carbons (Fsp3) is 0.667. The van der Waals surface area contributed by atoms with E-state index in [0.717, 1.165) is 37.2 Å². The number of pyridine rings is 1. The summed E-state index contributed by atoms with van der Waals surface area (Å²) in [7, 11) is 0. The topological polar surface area (TPSA) is 45.6 Å². The van der Waals surface area contributed by atoms with Crippen LogP contribution in [0.2, 0.25) is 0 Å². The first-order valence-electron chi connectivity index (χ1n) is 7.29. The van der Waals surface area contributed by atoms with Gasteiger partial charge in [0.2, 0.25) is 0 Å². The lowest BCUT2D eigenvalue weighted by Gasteiger charge is -2.37. The highest BCUT2D eigenvalue weighted by Crippen LogP contribution is 2.42. The molecular weight excluding hydrogens is 240 g/mol. The highest BCUT2D eigenvalue weighted by Gasteiger charge is 2.48. The summed E-state index contributed by atoms with van der Waals surface area (Å²) in [4.78, 5) is 6.65. The Balaban J connectivity index is 1.89. The van der Waals surface area contributed by atoms with Crippen molar-refractivity contribution in [2.75, 3.05) is 19.7 Å². The minimum absolute atomic E-state index is 0.250. The summed E-state index contributed by atoms with van der Waals surface area (Å²) in [6.45, 7) is 4.69. The number of aromatic nitrogens is 1. The minimum atomic E-state index is -0.749. The summed E-state index contributed by atoms with van der Waals surface area (Å²) in [6.07, 6.45) is 7.85. The molecule has 2 atom stereocenters. The van der Waals surface area contributed by atoms with Crippen LogP contribution in [-0.2, 0) is 5.60 Å². The molecule has 3 heterocycles. The third kappa shape index (κ3) is 2.23. The number of aliphatic hydroxyl groups is 1. The van der Waals surface area contributed by atoms with Crippen LogP contribution in [0.5, 0.6) is 5.75 Å². The van der Waals surface area contributed by atoms with Crippen molar-refractivity contribution in [3.63, 3.8) is 0 Å². The Kier molecular flexibility index (Phi) is 3.46. The fourth-order valence-electron chi connectivity index (χ4n) is 3.52. The van der Waals surface area contributed by atoms with Crippen molar-refractivity contribution in [1.82, 2.24) is 9.88 Å². The summed E-state index contributed by atoms with van der Waals surface area (Å²) >= 11 is 0. The van der Waals surface area contributed by atoms with Crippen LogP contribution < -0.4 is 4.74 Å². The van der Waals surface area contributed by atoms with E-state index in [2.05, 4.69) is 9.88 Å². The zero-order valence-electron chi connectivity index (χ0n) is 11.5. The van der Waals surface area contributed by atoms with Gasteiger partial charge in [0.05, 0.1) is 12.8 Å². The van der Waals surface area contributed by atoms with Gasteiger partial charge < -0.3 is 9.84 Å². The summed E-state index contributed by atoms with van der Waals surface area (Å²) < 4.78 is 5.50. The first-order chi connectivity index (χ1) is 9.24. The standard InChI is InChI=1S/C15H22N2O2/c1-2-19-13-9-12(10-16-11-13)15(18)6-8-17-7-4-3-5-14(15)17/h9-11,14,18H,2-8H2,1H3. The van der Waals surface area contributed by atoms with Gasteiger partial charge in [-0.2, -0.15) is 0 Å². The van der Waals surface area contributed by atoms with Gasteiger partial charge in [-0.3, -0.25) is 9.88 Å². The zero-order chi connectivity index (χ0) is 13.3. The Morgan fingerprint density at radius 3 is 3.16 bits per heavy atom. The third-order valence-corrected chi connectivity index (χ3v) is 4.47. The number of hydrogen-bond acceptors (Lipinski definition) is 4. The molecule has 2 aliphatic rings. The Bertz CT molecular complexity index is 452. The summed E-state index contributed by atoms with van der Waals surface area (Å²) in [5, 5.41) is 11.1. The molecule has 2 aliphatic heterocycles. The lowest BCUT2D eigenvalue weighted by molar-refractivity contribution is -0.0142. The molecule has 1 N–H and O–H groups in total. The van der Waals surface area contributed by atoms with Crippen molar-refractivity contribution < 1.29 is 9.84 Å². The normalized spacial score (nSPS) is 31.2. The van der Waals surface area contributed by atoms with Crippen molar-refractivity contribution in [3.8, 4) is 5.75 Å². The Morgan fingerprint density at radius 2 is 2.32 bits per heavy atom. The summed E-state index contributed by atoms with van der Waals surface area (Å²) in [5.41, 5.74) is 0.161. The Labute approximate surface area is 114 Å². The minimum Gasteiger partial charge on any atom is -0.492 e. The van der Waals surface area contributed by atoms with Crippen molar-refractivity contribution in [2.45, 2.75) is 44.2 Å². The average Bonchev–Trinajstić information content (AvgIpc) is 2.79. The first-order valence-corrected chi connectivity index (χ1v) is 7.29. The predicted molar refractivity (Wildman–Crippen MR) is 73.1 cm³/mol. The SMILES string of the molecule is CCOc1cncc(C2(O)CCN3CCCCC32)c1. The molecule has 0 spiro atoms. The van der Waals surface area contributed by atoms with Crippen LogP contribution >= 0.6 is 0 Å². The lowest BCUT2D eigenvalue weighted by atomic mass is 9.83. The maximum Gasteiger partial charge on any atom is 0.137 e. The van der Waals surface area contributed by atoms with Crippen LogP contribution in [0, 0.1) is 0 Å². The largest absolute Gasteiger partial charge is 0.492 e. The van der Waals surface area contributed by atoms with Gasteiger partial charge >= 0.3 is 0 Å². The molecule has 2 saturated heterocycles. The summed E-state index contributed by atoms with van der Waals surface area (Å²) in [6, 6.07) is 2.20. The van der Waals surface area contributed by atoms with Crippen LogP contribution in [0.25, 0.3) is 0 Å². The number of piperidine rings is 1. The van der Waals surface area contributed by atoms with Gasteiger partial charge in [0.25, 0.3) is 0 Å². The van der Waals surface area contributed by atoms with E-state index in [-0.39, 0.29) is 6.04 Å². The predicted octanol–water partition coefficient (Wildman–Crippen LogP) is 1.93. The van der Waals surface area contributed by atoms with E-state index in [4.69, 9.17) is 4.74 Å². The molecule has 0 saturated carbocycles. The van der Waals surface area contributed by atoms with Crippen LogP contribution in [0.1, 0.15) is 38.2 Å². The van der Waals surface area contributed by atoms with Crippen LogP contribution in [-0.4, -0.2) is 40.7 Å². The smallest absolute Gasteiger partial charge is 0.137 e. The molecule has 0 aliphatic carbocycles. The van der Waals surface area contributed by atoms with Crippen LogP contribution in [0.3, 0.4) is 0 Å². The molecule has 4 nitrogen and oxygen atoms in total. The maximum absolute atomic E-state index is 11.1. The number of rotatable bonds is 3. The molecule has 3 rings (SSSR count). The zero-order valence-corrected chi connectivity index (χ0v) is 11.5. The molecule has 2 unspecified atom stereocenters. The van der Waals surface area contributed by atoms with Gasteiger partial charge in [-0.05, 0) is 38.8 Å². The number of hydrogen-bond donors (Lipinski definition) is 1. The Hall–Kier alpha value is -1.13. The average molecular weight is 262 g/mol. The van der Waals surface area contributed by atoms with E-state index in [1.54, 1.807) is 12.4 Å². The molecule has 4 heteroatoms. The molecule has 0 bridgehead atoms. The monoisotopic (exact) mass is 262 g/mol. The molecular formula is C15H22N2O2. The maximum atomic E-state index is 11.1. The van der Waals surface area contributed by atoms with Gasteiger partial charge in [0, 0.05) is 24.3 Å². The second-order valence-corrected chi connectivity index (χ2v) is 5.56. The molecule has 104 valence electrons. The van der Waals surface area contributed by atoms with Crippen molar-refractivity contribution in [3.05, 3.63) is 24.0 Å². The van der Waals surface area contributed by atoms with E-state index in [0.29, 0.717) is 6.61 Å². The van der Waals surface area contributed by atoms with E-state index in [1.807, 2.05) is 13.0 Å². The van der Waals surface area contributed by atoms with E-state index < -0.39 is 5.60 Å². The second-order valence-electron chi connectivity index (χ2n) is 5.56. The highest BCUT2D eigenvalue weighted by molar-refractivity contribution is 5.31. The second kappa shape index (κ2) is 5.10. The first kappa shape index (κ1) is 12.9. The number of fused-ring (bicyclic) bond motifs is 1. The molecule has 0 aromatic carbocycles. The van der Waals surface area contributed by atoms with Gasteiger partial charge in [-0.1, -0.05) is 6.42 Å². The fourth-order valence-corrected chi connectivity index (χ4v) is 3.52. The lowest BCUT2D eigenvalue weighted by Crippen LogP contribution is -2.45. The van der Waals surface area contributed by atoms with Gasteiger partial charge in [-0.15, -0.1) is 0 Å². The molecule has 19 heavy (non-hydrogen) atoms. The van der Waals surface area contributed by atoms with Crippen LogP contribution in [0.15, 0.2) is 18.5 Å². The summed E-state index contributed by atoms with van der Waals surface area (Å²) in [5.74, 6) is 0.752.